The van der Waals surface area contributed by atoms with Crippen LogP contribution in [0.2, 0.25) is 0 Å². The zero-order valence-corrected chi connectivity index (χ0v) is 11.5. The van der Waals surface area contributed by atoms with Crippen molar-refractivity contribution in [3.8, 4) is 0 Å². The van der Waals surface area contributed by atoms with E-state index in [4.69, 9.17) is 10.2 Å². The Kier molecular flexibility index (Phi) is 3.12. The van der Waals surface area contributed by atoms with Gasteiger partial charge in [0.25, 0.3) is 0 Å². The maximum Gasteiger partial charge on any atom is 0.134 e. The monoisotopic (exact) mass is 319 g/mol. The maximum atomic E-state index is 13.1. The Balaban J connectivity index is 2.05. The Labute approximate surface area is 118 Å². The predicted molar refractivity (Wildman–Crippen MR) is 76.3 cm³/mol. The second-order valence-electron chi connectivity index (χ2n) is 4.33. The normalized spacial score (nSPS) is 12.8. The van der Waals surface area contributed by atoms with Gasteiger partial charge in [-0.05, 0) is 29.8 Å². The molecule has 0 aliphatic heterocycles. The molecule has 0 radical (unpaired) electrons. The minimum Gasteiger partial charge on any atom is -0.459 e. The molecule has 96 valence electrons. The van der Waals surface area contributed by atoms with Crippen molar-refractivity contribution in [3.05, 3.63) is 70.1 Å². The lowest BCUT2D eigenvalue weighted by atomic mass is 10.1. The molecule has 2 aromatic carbocycles. The minimum atomic E-state index is -0.428. The summed E-state index contributed by atoms with van der Waals surface area (Å²) in [7, 11) is 0. The van der Waals surface area contributed by atoms with Gasteiger partial charge in [-0.15, -0.1) is 0 Å². The van der Waals surface area contributed by atoms with Crippen LogP contribution in [0.5, 0.6) is 0 Å². The highest BCUT2D eigenvalue weighted by atomic mass is 79.9. The van der Waals surface area contributed by atoms with Crippen LogP contribution >= 0.6 is 15.9 Å². The van der Waals surface area contributed by atoms with Crippen molar-refractivity contribution >= 4 is 26.9 Å². The van der Waals surface area contributed by atoms with Crippen LogP contribution in [-0.2, 0) is 0 Å². The number of halogens is 2. The summed E-state index contributed by atoms with van der Waals surface area (Å²) >= 11 is 3.33. The maximum absolute atomic E-state index is 13.1. The lowest BCUT2D eigenvalue weighted by Crippen LogP contribution is -2.11. The molecule has 4 heteroatoms. The number of para-hydroxylation sites is 1. The Bertz CT molecular complexity index is 705. The van der Waals surface area contributed by atoms with Gasteiger partial charge in [-0.25, -0.2) is 4.39 Å². The highest BCUT2D eigenvalue weighted by Crippen LogP contribution is 2.30. The molecule has 0 aliphatic carbocycles. The van der Waals surface area contributed by atoms with E-state index in [1.807, 2.05) is 30.3 Å². The minimum absolute atomic E-state index is 0.299. The molecule has 0 bridgehead atoms. The molecule has 3 aromatic rings. The summed E-state index contributed by atoms with van der Waals surface area (Å²) in [6, 6.07) is 13.7. The summed E-state index contributed by atoms with van der Waals surface area (Å²) in [5, 5.41) is 1.01. The smallest absolute Gasteiger partial charge is 0.134 e. The van der Waals surface area contributed by atoms with Gasteiger partial charge in [0.05, 0.1) is 6.04 Å². The van der Waals surface area contributed by atoms with E-state index in [2.05, 4.69) is 15.9 Å². The van der Waals surface area contributed by atoms with E-state index in [0.29, 0.717) is 10.2 Å². The summed E-state index contributed by atoms with van der Waals surface area (Å²) < 4.78 is 19.5. The average molecular weight is 320 g/mol. The van der Waals surface area contributed by atoms with Gasteiger partial charge in [0.2, 0.25) is 0 Å². The number of nitrogens with two attached hydrogens (primary N) is 1. The van der Waals surface area contributed by atoms with Gasteiger partial charge in [0, 0.05) is 9.86 Å². The van der Waals surface area contributed by atoms with Gasteiger partial charge in [0.1, 0.15) is 17.2 Å². The second-order valence-corrected chi connectivity index (χ2v) is 5.18. The number of furan rings is 1. The first kappa shape index (κ1) is 12.4. The van der Waals surface area contributed by atoms with Crippen LogP contribution in [0.15, 0.2) is 57.4 Å². The van der Waals surface area contributed by atoms with Crippen molar-refractivity contribution in [1.29, 1.82) is 0 Å². The molecular formula is C15H11BrFNO. The largest absolute Gasteiger partial charge is 0.459 e. The number of hydrogen-bond acceptors (Lipinski definition) is 2. The summed E-state index contributed by atoms with van der Waals surface area (Å²) in [6.07, 6.45) is 0. The van der Waals surface area contributed by atoms with Crippen LogP contribution in [-0.4, -0.2) is 0 Å². The second kappa shape index (κ2) is 4.79. The molecule has 1 heterocycles. The first-order valence-corrected chi connectivity index (χ1v) is 6.63. The fraction of sp³-hybridized carbons (Fsp3) is 0.0667. The predicted octanol–water partition coefficient (Wildman–Crippen LogP) is 4.38. The zero-order valence-electron chi connectivity index (χ0n) is 9.94. The molecule has 0 saturated heterocycles. The molecule has 2 nitrogen and oxygen atoms in total. The summed E-state index contributed by atoms with van der Waals surface area (Å²) in [4.78, 5) is 0. The van der Waals surface area contributed by atoms with E-state index >= 15 is 0 Å². The fourth-order valence-corrected chi connectivity index (χ4v) is 2.66. The molecule has 1 aromatic heterocycles. The van der Waals surface area contributed by atoms with Gasteiger partial charge in [-0.1, -0.05) is 40.2 Å². The van der Waals surface area contributed by atoms with E-state index in [9.17, 15) is 4.39 Å². The van der Waals surface area contributed by atoms with Crippen molar-refractivity contribution in [2.24, 2.45) is 5.73 Å². The average Bonchev–Trinajstić information content (AvgIpc) is 2.81. The number of fused-ring (bicyclic) bond motifs is 1. The summed E-state index contributed by atoms with van der Waals surface area (Å²) in [5.41, 5.74) is 7.77. The van der Waals surface area contributed by atoms with Crippen LogP contribution in [0.25, 0.3) is 11.0 Å². The van der Waals surface area contributed by atoms with Crippen LogP contribution in [0.1, 0.15) is 17.4 Å². The molecule has 0 spiro atoms. The first-order valence-electron chi connectivity index (χ1n) is 5.84. The summed E-state index contributed by atoms with van der Waals surface area (Å²) in [5.74, 6) is 0.362. The molecule has 2 N–H and O–H groups in total. The van der Waals surface area contributed by atoms with Gasteiger partial charge in [0.15, 0.2) is 0 Å². The number of benzene rings is 2. The van der Waals surface area contributed by atoms with E-state index < -0.39 is 6.04 Å². The fourth-order valence-electron chi connectivity index (χ4n) is 2.06. The molecule has 1 atom stereocenters. The number of rotatable bonds is 2. The number of hydrogen-bond donors (Lipinski definition) is 1. The summed E-state index contributed by atoms with van der Waals surface area (Å²) in [6.45, 7) is 0. The van der Waals surface area contributed by atoms with Crippen molar-refractivity contribution in [1.82, 2.24) is 0 Å². The van der Waals surface area contributed by atoms with Crippen LogP contribution in [0.4, 0.5) is 4.39 Å². The standard InChI is InChI=1S/C15H11BrFNO/c16-12-8-10(17)5-6-11(12)15(18)14-7-9-3-1-2-4-13(9)19-14/h1-8,15H,18H2. The van der Waals surface area contributed by atoms with Crippen molar-refractivity contribution in [3.63, 3.8) is 0 Å². The molecule has 1 unspecified atom stereocenters. The van der Waals surface area contributed by atoms with E-state index in [-0.39, 0.29) is 5.82 Å². The molecule has 0 amide bonds. The zero-order chi connectivity index (χ0) is 13.4. The quantitative estimate of drug-likeness (QED) is 0.761. The third-order valence-electron chi connectivity index (χ3n) is 3.05. The molecule has 0 aliphatic rings. The van der Waals surface area contributed by atoms with Crippen molar-refractivity contribution < 1.29 is 8.81 Å². The van der Waals surface area contributed by atoms with E-state index in [1.54, 1.807) is 6.07 Å². The van der Waals surface area contributed by atoms with Gasteiger partial charge in [-0.3, -0.25) is 0 Å². The Morgan fingerprint density at radius 3 is 2.63 bits per heavy atom. The SMILES string of the molecule is NC(c1cc2ccccc2o1)c1ccc(F)cc1Br. The molecule has 0 saturated carbocycles. The van der Waals surface area contributed by atoms with E-state index in [1.165, 1.54) is 12.1 Å². The van der Waals surface area contributed by atoms with Gasteiger partial charge >= 0.3 is 0 Å². The van der Waals surface area contributed by atoms with Crippen molar-refractivity contribution in [2.45, 2.75) is 6.04 Å². The van der Waals surface area contributed by atoms with Gasteiger partial charge < -0.3 is 10.2 Å². The Morgan fingerprint density at radius 2 is 1.89 bits per heavy atom. The topological polar surface area (TPSA) is 39.2 Å². The van der Waals surface area contributed by atoms with Crippen LogP contribution < -0.4 is 5.73 Å². The molecule has 0 fully saturated rings. The Morgan fingerprint density at radius 1 is 1.11 bits per heavy atom. The first-order chi connectivity index (χ1) is 9.15. The molecule has 19 heavy (non-hydrogen) atoms. The van der Waals surface area contributed by atoms with Crippen LogP contribution in [0.3, 0.4) is 0 Å². The third kappa shape index (κ3) is 2.29. The molecular weight excluding hydrogens is 309 g/mol. The molecule has 3 rings (SSSR count). The lowest BCUT2D eigenvalue weighted by molar-refractivity contribution is 0.523. The van der Waals surface area contributed by atoms with Crippen LogP contribution in [0, 0.1) is 5.82 Å². The van der Waals surface area contributed by atoms with Crippen molar-refractivity contribution in [2.75, 3.05) is 0 Å². The Hall–Kier alpha value is -1.65. The lowest BCUT2D eigenvalue weighted by Gasteiger charge is -2.11. The highest BCUT2D eigenvalue weighted by Gasteiger charge is 2.17. The van der Waals surface area contributed by atoms with Gasteiger partial charge in [-0.2, -0.15) is 0 Å². The van der Waals surface area contributed by atoms with E-state index in [0.717, 1.165) is 16.5 Å². The highest BCUT2D eigenvalue weighted by molar-refractivity contribution is 9.10. The third-order valence-corrected chi connectivity index (χ3v) is 3.74.